The Morgan fingerprint density at radius 2 is 2.08 bits per heavy atom. The van der Waals surface area contributed by atoms with Crippen LogP contribution in [0.4, 0.5) is 5.13 Å². The van der Waals surface area contributed by atoms with E-state index >= 15 is 0 Å². The highest BCUT2D eigenvalue weighted by Crippen LogP contribution is 2.28. The molecule has 0 saturated heterocycles. The molecule has 2 heterocycles. The molecule has 124 valence electrons. The van der Waals surface area contributed by atoms with E-state index in [1.165, 1.54) is 11.3 Å². The van der Waals surface area contributed by atoms with Gasteiger partial charge < -0.3 is 10.1 Å². The van der Waals surface area contributed by atoms with Gasteiger partial charge in [-0.05, 0) is 36.4 Å². The second kappa shape index (κ2) is 8.08. The number of thiazole rings is 1. The number of benzene rings is 1. The van der Waals surface area contributed by atoms with Gasteiger partial charge in [-0.1, -0.05) is 24.3 Å². The summed E-state index contributed by atoms with van der Waals surface area (Å²) < 4.78 is 5.70. The average Bonchev–Trinajstić information content (AvgIpc) is 3.24. The van der Waals surface area contributed by atoms with Gasteiger partial charge in [-0.15, -0.1) is 22.7 Å². The minimum atomic E-state index is -0.0320. The Bertz CT molecular complexity index is 797. The van der Waals surface area contributed by atoms with E-state index in [4.69, 9.17) is 4.74 Å². The molecule has 0 unspecified atom stereocenters. The number of anilines is 1. The lowest BCUT2D eigenvalue weighted by Crippen LogP contribution is -2.12. The Labute approximate surface area is 149 Å². The zero-order chi connectivity index (χ0) is 16.8. The largest absolute Gasteiger partial charge is 0.493 e. The number of carbonyl (C=O) groups is 1. The van der Waals surface area contributed by atoms with Crippen molar-refractivity contribution in [1.82, 2.24) is 4.98 Å². The first-order valence-corrected chi connectivity index (χ1v) is 9.46. The van der Waals surface area contributed by atoms with Gasteiger partial charge in [0.15, 0.2) is 5.13 Å². The third-order valence-electron chi connectivity index (χ3n) is 3.42. The van der Waals surface area contributed by atoms with Crippen molar-refractivity contribution in [3.63, 3.8) is 0 Å². The molecular weight excluding hydrogens is 340 g/mol. The van der Waals surface area contributed by atoms with E-state index in [-0.39, 0.29) is 5.91 Å². The average molecular weight is 358 g/mol. The smallest absolute Gasteiger partial charge is 0.226 e. The third-order valence-corrected chi connectivity index (χ3v) is 5.07. The van der Waals surface area contributed by atoms with Crippen LogP contribution in [0.25, 0.3) is 10.6 Å². The number of hydrogen-bond acceptors (Lipinski definition) is 5. The van der Waals surface area contributed by atoms with Crippen molar-refractivity contribution in [2.75, 3.05) is 11.9 Å². The van der Waals surface area contributed by atoms with E-state index < -0.39 is 0 Å². The molecule has 2 aromatic heterocycles. The van der Waals surface area contributed by atoms with Crippen LogP contribution in [0.2, 0.25) is 0 Å². The van der Waals surface area contributed by atoms with Crippen LogP contribution in [0.3, 0.4) is 0 Å². The topological polar surface area (TPSA) is 51.2 Å². The highest BCUT2D eigenvalue weighted by Gasteiger charge is 2.08. The van der Waals surface area contributed by atoms with Gasteiger partial charge in [0.2, 0.25) is 5.91 Å². The molecular formula is C18H18N2O2S2. The Morgan fingerprint density at radius 1 is 1.21 bits per heavy atom. The molecule has 1 amide bonds. The van der Waals surface area contributed by atoms with Crippen LogP contribution in [0.15, 0.2) is 47.2 Å². The molecule has 0 fully saturated rings. The van der Waals surface area contributed by atoms with E-state index in [1.54, 1.807) is 11.3 Å². The van der Waals surface area contributed by atoms with Crippen molar-refractivity contribution in [3.05, 3.63) is 52.7 Å². The highest BCUT2D eigenvalue weighted by molar-refractivity contribution is 7.16. The van der Waals surface area contributed by atoms with Gasteiger partial charge in [0.25, 0.3) is 0 Å². The summed E-state index contributed by atoms with van der Waals surface area (Å²) in [5.74, 6) is 0.842. The van der Waals surface area contributed by atoms with Crippen molar-refractivity contribution in [2.45, 2.75) is 19.8 Å². The zero-order valence-corrected chi connectivity index (χ0v) is 15.0. The molecule has 1 N–H and O–H groups in total. The normalized spacial score (nSPS) is 10.5. The van der Waals surface area contributed by atoms with Crippen molar-refractivity contribution < 1.29 is 9.53 Å². The molecule has 6 heteroatoms. The Morgan fingerprint density at radius 3 is 2.88 bits per heavy atom. The molecule has 3 aromatic rings. The summed E-state index contributed by atoms with van der Waals surface area (Å²) in [6.07, 6.45) is 1.09. The number of rotatable bonds is 7. The van der Waals surface area contributed by atoms with Crippen LogP contribution >= 0.6 is 22.7 Å². The van der Waals surface area contributed by atoms with Gasteiger partial charge in [-0.2, -0.15) is 0 Å². The fourth-order valence-electron chi connectivity index (χ4n) is 2.18. The maximum atomic E-state index is 12.0. The predicted octanol–water partition coefficient (Wildman–Crippen LogP) is 4.98. The molecule has 0 radical (unpaired) electrons. The van der Waals surface area contributed by atoms with Crippen LogP contribution < -0.4 is 10.1 Å². The Balaban J connectivity index is 1.42. The monoisotopic (exact) mass is 358 g/mol. The van der Waals surface area contributed by atoms with Crippen LogP contribution in [0.1, 0.15) is 18.4 Å². The summed E-state index contributed by atoms with van der Waals surface area (Å²) in [5, 5.41) is 7.47. The van der Waals surface area contributed by atoms with E-state index in [2.05, 4.69) is 10.3 Å². The van der Waals surface area contributed by atoms with E-state index in [0.717, 1.165) is 21.9 Å². The SMILES string of the molecule is Cc1ccccc1OCCCC(=O)Nc1nc(-c2cccs2)cs1. The van der Waals surface area contributed by atoms with E-state index in [0.29, 0.717) is 24.6 Å². The van der Waals surface area contributed by atoms with E-state index in [9.17, 15) is 4.79 Å². The number of nitrogens with zero attached hydrogens (tertiary/aromatic N) is 1. The Hall–Kier alpha value is -2.18. The summed E-state index contributed by atoms with van der Waals surface area (Å²) >= 11 is 3.09. The number of carbonyl (C=O) groups excluding carboxylic acids is 1. The number of ether oxygens (including phenoxy) is 1. The zero-order valence-electron chi connectivity index (χ0n) is 13.3. The fourth-order valence-corrected chi connectivity index (χ4v) is 3.67. The van der Waals surface area contributed by atoms with Crippen LogP contribution in [-0.2, 0) is 4.79 Å². The second-order valence-corrected chi connectivity index (χ2v) is 7.09. The van der Waals surface area contributed by atoms with Crippen LogP contribution in [-0.4, -0.2) is 17.5 Å². The summed E-state index contributed by atoms with van der Waals surface area (Å²) in [7, 11) is 0. The molecule has 24 heavy (non-hydrogen) atoms. The molecule has 3 rings (SSSR count). The summed E-state index contributed by atoms with van der Waals surface area (Å²) in [6.45, 7) is 2.53. The van der Waals surface area contributed by atoms with Crippen molar-refractivity contribution in [1.29, 1.82) is 0 Å². The minimum Gasteiger partial charge on any atom is -0.493 e. The van der Waals surface area contributed by atoms with E-state index in [1.807, 2.05) is 54.1 Å². The first-order valence-electron chi connectivity index (χ1n) is 7.70. The number of para-hydroxylation sites is 1. The van der Waals surface area contributed by atoms with Crippen molar-refractivity contribution in [2.24, 2.45) is 0 Å². The molecule has 4 nitrogen and oxygen atoms in total. The molecule has 0 aliphatic rings. The first kappa shape index (κ1) is 16.7. The van der Waals surface area contributed by atoms with Crippen LogP contribution in [0.5, 0.6) is 5.75 Å². The summed E-state index contributed by atoms with van der Waals surface area (Å²) in [6, 6.07) is 11.9. The number of hydrogen-bond donors (Lipinski definition) is 1. The second-order valence-electron chi connectivity index (χ2n) is 5.28. The van der Waals surface area contributed by atoms with Gasteiger partial charge in [-0.25, -0.2) is 4.98 Å². The van der Waals surface area contributed by atoms with Crippen molar-refractivity contribution >= 4 is 33.7 Å². The van der Waals surface area contributed by atoms with Gasteiger partial charge >= 0.3 is 0 Å². The quantitative estimate of drug-likeness (QED) is 0.606. The number of thiophene rings is 1. The lowest BCUT2D eigenvalue weighted by atomic mass is 10.2. The van der Waals surface area contributed by atoms with Crippen molar-refractivity contribution in [3.8, 4) is 16.3 Å². The number of aromatic nitrogens is 1. The standard InChI is InChI=1S/C18H18N2O2S2/c1-13-6-2-3-7-15(13)22-10-4-9-17(21)20-18-19-14(12-24-18)16-8-5-11-23-16/h2-3,5-8,11-12H,4,9-10H2,1H3,(H,19,20,21). The lowest BCUT2D eigenvalue weighted by Gasteiger charge is -2.08. The molecule has 0 aliphatic heterocycles. The molecule has 0 atom stereocenters. The number of nitrogens with one attached hydrogen (secondary N) is 1. The van der Waals surface area contributed by atoms with Gasteiger partial charge in [0, 0.05) is 11.8 Å². The summed E-state index contributed by atoms with van der Waals surface area (Å²) in [5.41, 5.74) is 2.01. The van der Waals surface area contributed by atoms with Gasteiger partial charge in [-0.3, -0.25) is 4.79 Å². The molecule has 1 aromatic carbocycles. The highest BCUT2D eigenvalue weighted by atomic mass is 32.1. The lowest BCUT2D eigenvalue weighted by molar-refractivity contribution is -0.116. The van der Waals surface area contributed by atoms with Crippen LogP contribution in [0, 0.1) is 6.92 Å². The first-order chi connectivity index (χ1) is 11.7. The maximum Gasteiger partial charge on any atom is 0.226 e. The molecule has 0 spiro atoms. The number of amides is 1. The third kappa shape index (κ3) is 4.43. The minimum absolute atomic E-state index is 0.0320. The Kier molecular flexibility index (Phi) is 5.61. The fraction of sp³-hybridized carbons (Fsp3) is 0.222. The van der Waals surface area contributed by atoms with Gasteiger partial charge in [0.1, 0.15) is 5.75 Å². The molecule has 0 saturated carbocycles. The maximum absolute atomic E-state index is 12.0. The predicted molar refractivity (Wildman–Crippen MR) is 100.0 cm³/mol. The summed E-state index contributed by atoms with van der Waals surface area (Å²) in [4.78, 5) is 17.5. The molecule has 0 aliphatic carbocycles. The van der Waals surface area contributed by atoms with Gasteiger partial charge in [0.05, 0.1) is 17.2 Å². The number of aryl methyl sites for hydroxylation is 1. The molecule has 0 bridgehead atoms.